The van der Waals surface area contributed by atoms with E-state index >= 15 is 0 Å². The summed E-state index contributed by atoms with van der Waals surface area (Å²) in [5.41, 5.74) is 8.30. The first-order valence-electron chi connectivity index (χ1n) is 6.19. The minimum Gasteiger partial charge on any atom is -0.480 e. The lowest BCUT2D eigenvalue weighted by Crippen LogP contribution is -2.60. The number of carbonyl (C=O) groups is 2. The number of nitrogens with zero attached hydrogens (tertiary/aromatic N) is 3. The largest absolute Gasteiger partial charge is 0.480 e. The molecule has 2 amide bonds. The van der Waals surface area contributed by atoms with E-state index in [-0.39, 0.29) is 24.5 Å². The first kappa shape index (κ1) is 15.2. The number of aliphatic carboxylic acids is 1. The zero-order valence-electron chi connectivity index (χ0n) is 11.6. The molecule has 4 N–H and O–H groups in total. The molecule has 1 aliphatic heterocycles. The standard InChI is InChI=1S/C11H21N5O3/c1-6(2)15-11(19)16(7(3)4)14-9(13-15)5-8(12)10(17)18/h6-8H,5,12H2,1-4H3,(H,13,14)(H,17,18). The Hall–Kier alpha value is -1.83. The van der Waals surface area contributed by atoms with Crippen molar-refractivity contribution in [1.82, 2.24) is 15.4 Å². The van der Waals surface area contributed by atoms with E-state index in [1.807, 2.05) is 27.7 Å². The Bertz CT molecular complexity index is 394. The van der Waals surface area contributed by atoms with Crippen molar-refractivity contribution in [3.63, 3.8) is 0 Å². The Kier molecular flexibility index (Phi) is 4.71. The lowest BCUT2D eigenvalue weighted by molar-refractivity contribution is -0.138. The van der Waals surface area contributed by atoms with Crippen LogP contribution in [0.5, 0.6) is 0 Å². The van der Waals surface area contributed by atoms with Crippen LogP contribution in [0.1, 0.15) is 34.1 Å². The van der Waals surface area contributed by atoms with E-state index < -0.39 is 12.0 Å². The SMILES string of the molecule is CC(C)N1N=C(CC(N)C(=O)O)NN(C(C)C)C1=O. The highest BCUT2D eigenvalue weighted by Crippen LogP contribution is 2.12. The number of amidine groups is 1. The summed E-state index contributed by atoms with van der Waals surface area (Å²) in [6, 6.07) is -1.52. The third-order valence-corrected chi connectivity index (χ3v) is 2.62. The van der Waals surface area contributed by atoms with Crippen molar-refractivity contribution in [2.24, 2.45) is 10.8 Å². The van der Waals surface area contributed by atoms with Gasteiger partial charge in [0.25, 0.3) is 0 Å². The van der Waals surface area contributed by atoms with Crippen molar-refractivity contribution in [2.45, 2.75) is 52.2 Å². The minimum absolute atomic E-state index is 0.0368. The van der Waals surface area contributed by atoms with Crippen LogP contribution in [0, 0.1) is 0 Å². The van der Waals surface area contributed by atoms with Gasteiger partial charge in [-0.3, -0.25) is 10.2 Å². The first-order valence-corrected chi connectivity index (χ1v) is 6.19. The van der Waals surface area contributed by atoms with Crippen LogP contribution in [-0.2, 0) is 4.79 Å². The van der Waals surface area contributed by atoms with Crippen LogP contribution < -0.4 is 11.2 Å². The highest BCUT2D eigenvalue weighted by molar-refractivity contribution is 5.92. The van der Waals surface area contributed by atoms with Gasteiger partial charge < -0.3 is 10.8 Å². The van der Waals surface area contributed by atoms with E-state index in [2.05, 4.69) is 10.5 Å². The molecule has 0 aromatic carbocycles. The maximum Gasteiger partial charge on any atom is 0.359 e. The van der Waals surface area contributed by atoms with E-state index in [0.29, 0.717) is 5.84 Å². The van der Waals surface area contributed by atoms with Gasteiger partial charge in [-0.15, -0.1) is 0 Å². The van der Waals surface area contributed by atoms with Gasteiger partial charge in [-0.1, -0.05) is 0 Å². The minimum atomic E-state index is -1.10. The molecule has 1 unspecified atom stereocenters. The molecule has 1 rings (SSSR count). The number of hydrogen-bond donors (Lipinski definition) is 3. The van der Waals surface area contributed by atoms with Crippen LogP contribution in [0.3, 0.4) is 0 Å². The number of rotatable bonds is 5. The van der Waals surface area contributed by atoms with E-state index in [9.17, 15) is 9.59 Å². The smallest absolute Gasteiger partial charge is 0.359 e. The molecule has 0 aliphatic carbocycles. The molecular weight excluding hydrogens is 250 g/mol. The van der Waals surface area contributed by atoms with Gasteiger partial charge in [0.15, 0.2) is 0 Å². The predicted molar refractivity (Wildman–Crippen MR) is 70.1 cm³/mol. The van der Waals surface area contributed by atoms with Gasteiger partial charge in [-0.2, -0.15) is 5.10 Å². The number of carbonyl (C=O) groups excluding carboxylic acids is 1. The molecule has 0 radical (unpaired) electrons. The summed E-state index contributed by atoms with van der Waals surface area (Å²) in [6.45, 7) is 7.37. The average Bonchev–Trinajstić information content (AvgIpc) is 2.30. The summed E-state index contributed by atoms with van der Waals surface area (Å²) in [7, 11) is 0. The topological polar surface area (TPSA) is 111 Å². The summed E-state index contributed by atoms with van der Waals surface area (Å²) >= 11 is 0. The number of hydrazone groups is 1. The Balaban J connectivity index is 2.94. The van der Waals surface area contributed by atoms with Crippen molar-refractivity contribution < 1.29 is 14.7 Å². The number of carboxylic acid groups (broad SMARTS) is 1. The quantitative estimate of drug-likeness (QED) is 0.659. The van der Waals surface area contributed by atoms with E-state index in [4.69, 9.17) is 10.8 Å². The van der Waals surface area contributed by atoms with Gasteiger partial charge in [-0.25, -0.2) is 14.8 Å². The van der Waals surface area contributed by atoms with Crippen molar-refractivity contribution in [3.8, 4) is 0 Å². The highest BCUT2D eigenvalue weighted by Gasteiger charge is 2.32. The van der Waals surface area contributed by atoms with Crippen LogP contribution in [0.4, 0.5) is 4.79 Å². The van der Waals surface area contributed by atoms with Crippen LogP contribution >= 0.6 is 0 Å². The summed E-state index contributed by atoms with van der Waals surface area (Å²) < 4.78 is 0. The molecule has 8 nitrogen and oxygen atoms in total. The third kappa shape index (κ3) is 3.57. The number of nitrogens with one attached hydrogen (secondary N) is 1. The zero-order valence-corrected chi connectivity index (χ0v) is 11.6. The Morgan fingerprint density at radius 2 is 1.95 bits per heavy atom. The maximum atomic E-state index is 12.1. The molecule has 1 heterocycles. The molecule has 1 aliphatic rings. The van der Waals surface area contributed by atoms with Gasteiger partial charge in [0.1, 0.15) is 11.9 Å². The number of amides is 2. The third-order valence-electron chi connectivity index (χ3n) is 2.62. The predicted octanol–water partition coefficient (Wildman–Crippen LogP) is 0.161. The van der Waals surface area contributed by atoms with Gasteiger partial charge in [-0.05, 0) is 27.7 Å². The molecule has 0 aromatic rings. The fraction of sp³-hybridized carbons (Fsp3) is 0.727. The molecule has 0 fully saturated rings. The Morgan fingerprint density at radius 1 is 1.37 bits per heavy atom. The Labute approximate surface area is 112 Å². The Morgan fingerprint density at radius 3 is 2.37 bits per heavy atom. The molecule has 0 saturated carbocycles. The van der Waals surface area contributed by atoms with Gasteiger partial charge in [0.2, 0.25) is 0 Å². The highest BCUT2D eigenvalue weighted by atomic mass is 16.4. The van der Waals surface area contributed by atoms with Gasteiger partial charge >= 0.3 is 12.0 Å². The van der Waals surface area contributed by atoms with E-state index in [0.717, 1.165) is 0 Å². The molecule has 0 aromatic heterocycles. The van der Waals surface area contributed by atoms with Crippen molar-refractivity contribution in [2.75, 3.05) is 0 Å². The average molecular weight is 271 g/mol. The van der Waals surface area contributed by atoms with Gasteiger partial charge in [0, 0.05) is 12.5 Å². The molecule has 19 heavy (non-hydrogen) atoms. The number of hydrazine groups is 1. The molecule has 8 heteroatoms. The second kappa shape index (κ2) is 5.87. The number of hydrogen-bond acceptors (Lipinski definition) is 5. The van der Waals surface area contributed by atoms with Crippen LogP contribution in [0.2, 0.25) is 0 Å². The summed E-state index contributed by atoms with van der Waals surface area (Å²) in [6.07, 6.45) is 0.0368. The second-order valence-electron chi connectivity index (χ2n) is 4.99. The van der Waals surface area contributed by atoms with E-state index in [1.165, 1.54) is 10.0 Å². The van der Waals surface area contributed by atoms with Crippen LogP contribution in [0.15, 0.2) is 5.10 Å². The van der Waals surface area contributed by atoms with Crippen molar-refractivity contribution >= 4 is 17.8 Å². The zero-order chi connectivity index (χ0) is 14.7. The summed E-state index contributed by atoms with van der Waals surface area (Å²) in [5.74, 6) is -0.731. The monoisotopic (exact) mass is 271 g/mol. The molecule has 0 spiro atoms. The van der Waals surface area contributed by atoms with E-state index in [1.54, 1.807) is 0 Å². The number of nitrogens with two attached hydrogens (primary N) is 1. The fourth-order valence-electron chi connectivity index (χ4n) is 1.56. The van der Waals surface area contributed by atoms with Crippen molar-refractivity contribution in [3.05, 3.63) is 0 Å². The van der Waals surface area contributed by atoms with Crippen LogP contribution in [0.25, 0.3) is 0 Å². The fourth-order valence-corrected chi connectivity index (χ4v) is 1.56. The normalized spacial score (nSPS) is 17.6. The number of urea groups is 1. The molecular formula is C11H21N5O3. The first-order chi connectivity index (χ1) is 8.73. The molecule has 108 valence electrons. The molecule has 1 atom stereocenters. The van der Waals surface area contributed by atoms with Crippen molar-refractivity contribution in [1.29, 1.82) is 0 Å². The lowest BCUT2D eigenvalue weighted by Gasteiger charge is -2.38. The maximum absolute atomic E-state index is 12.1. The summed E-state index contributed by atoms with van der Waals surface area (Å²) in [4.78, 5) is 22.9. The summed E-state index contributed by atoms with van der Waals surface area (Å²) in [5, 5.41) is 15.7. The molecule has 0 bridgehead atoms. The van der Waals surface area contributed by atoms with Crippen LogP contribution in [-0.4, -0.2) is 51.1 Å². The molecule has 0 saturated heterocycles. The van der Waals surface area contributed by atoms with Gasteiger partial charge in [0.05, 0.1) is 6.04 Å². The number of carboxylic acids is 1. The lowest BCUT2D eigenvalue weighted by atomic mass is 10.2. The second-order valence-corrected chi connectivity index (χ2v) is 4.99.